The van der Waals surface area contributed by atoms with E-state index in [1.807, 2.05) is 0 Å². The van der Waals surface area contributed by atoms with E-state index < -0.39 is 112 Å². The predicted octanol–water partition coefficient (Wildman–Crippen LogP) is -6.27. The molecule has 0 saturated carbocycles. The van der Waals surface area contributed by atoms with Crippen LogP contribution in [-0.2, 0) is 20.0 Å². The van der Waals surface area contributed by atoms with E-state index in [1.165, 1.54) is 44.1 Å². The van der Waals surface area contributed by atoms with E-state index in [9.17, 15) is 49.8 Å². The Bertz CT molecular complexity index is 1460. The molecule has 0 aliphatic heterocycles. The van der Waals surface area contributed by atoms with Crippen molar-refractivity contribution in [3.8, 4) is 5.75 Å². The van der Waals surface area contributed by atoms with Crippen LogP contribution in [0, 0.1) is 11.8 Å². The second kappa shape index (κ2) is 14.5. The molecule has 1 amide bonds. The van der Waals surface area contributed by atoms with Gasteiger partial charge in [0.2, 0.25) is 5.78 Å². The first kappa shape index (κ1) is 41.2. The van der Waals surface area contributed by atoms with Gasteiger partial charge in [-0.05, 0) is 32.6 Å². The molecular weight excluding hydrogens is 636 g/mol. The van der Waals surface area contributed by atoms with Crippen LogP contribution in [0.25, 0.3) is 0 Å². The van der Waals surface area contributed by atoms with Crippen LogP contribution < -0.4 is 5.73 Å². The number of aliphatic hydroxyl groups excluding tert-OH is 8. The molecule has 264 valence electrons. The largest absolute Gasteiger partial charge is 0.510 e. The fourth-order valence-corrected chi connectivity index (χ4v) is 6.22. The maximum atomic E-state index is 13.3. The number of primary amides is 1. The van der Waals surface area contributed by atoms with Gasteiger partial charge in [0.15, 0.2) is 17.7 Å². The summed E-state index contributed by atoms with van der Waals surface area (Å²) in [6.07, 6.45) is -8.71. The van der Waals surface area contributed by atoms with Gasteiger partial charge in [-0.15, -0.1) is 0 Å². The molecule has 3 aliphatic rings. The van der Waals surface area contributed by atoms with Gasteiger partial charge < -0.3 is 77.7 Å². The van der Waals surface area contributed by atoms with Crippen LogP contribution in [0.15, 0.2) is 40.9 Å². The van der Waals surface area contributed by atoms with Crippen molar-refractivity contribution in [2.24, 2.45) is 17.6 Å². The lowest BCUT2D eigenvalue weighted by molar-refractivity contribution is -0.173. The van der Waals surface area contributed by atoms with Crippen LogP contribution in [0.3, 0.4) is 0 Å². The van der Waals surface area contributed by atoms with Gasteiger partial charge in [0.05, 0.1) is 47.3 Å². The Balaban J connectivity index is 0.000000678. The molecule has 19 nitrogen and oxygen atoms in total. The second-order valence-electron chi connectivity index (χ2n) is 11.4. The summed E-state index contributed by atoms with van der Waals surface area (Å²) in [5.41, 5.74) is -1.88. The molecule has 10 atom stereocenters. The number of carbonyl (C=O) groups excluding carboxylic acids is 4. The normalized spacial score (nSPS) is 30.6. The molecule has 17 N–H and O–H groups in total. The number of phenolic OH excluding ortho intramolecular Hbond substituents is 1. The molecule has 4 rings (SSSR count). The first-order valence-electron chi connectivity index (χ1n) is 13.4. The van der Waals surface area contributed by atoms with Crippen LogP contribution in [0.2, 0.25) is 0 Å². The van der Waals surface area contributed by atoms with Crippen LogP contribution in [0.1, 0.15) is 22.8 Å². The molecule has 0 spiro atoms. The minimum atomic E-state index is -3.02. The van der Waals surface area contributed by atoms with Gasteiger partial charge in [0.25, 0.3) is 5.91 Å². The van der Waals surface area contributed by atoms with Gasteiger partial charge in [-0.2, -0.15) is 0 Å². The lowest BCUT2D eigenvalue weighted by Crippen LogP contribution is -2.70. The van der Waals surface area contributed by atoms with Crippen molar-refractivity contribution in [3.05, 3.63) is 52.0 Å². The minimum Gasteiger partial charge on any atom is -0.510 e. The molecule has 0 unspecified atom stereocenters. The summed E-state index contributed by atoms with van der Waals surface area (Å²) in [6, 6.07) is 2.54. The number of phenols is 1. The highest BCUT2D eigenvalue weighted by atomic mass is 16.4. The molecule has 3 aliphatic carbocycles. The number of ketones is 2. The zero-order valence-electron chi connectivity index (χ0n) is 25.2. The summed E-state index contributed by atoms with van der Waals surface area (Å²) < 4.78 is 0. The van der Waals surface area contributed by atoms with Crippen molar-refractivity contribution >= 4 is 23.8 Å². The number of carbonyl (C=O) groups is 4. The number of nitrogens with two attached hydrogens (primary N) is 1. The van der Waals surface area contributed by atoms with Gasteiger partial charge >= 0.3 is 0 Å². The standard InChI is InChI=1S/C22H24N2O9.C6H12O6.2H2O/c1-21(32)7-5-4-6-8(25)9(7)15(26)10-12(21)17(28)13-14(24(2)3)16(27)11(20(23)31)19(30)22(13,33)18(10)29;7-1-3(9)5(11)6(12)4(10)2-8;;/h4-6,12-14,17,25,27-29,32-33H,1-3H3,(H2,23,31);1,3-6,8-12H,2H2;2*1H2/t12-,13-,14+,17+,21-,22+;3-,4+,5+,6+;;/m10../s1. The number of Topliss-reactive ketones (excluding diaryl/α,β-unsaturated/α-hetero) is 2. The number of hydrogen-bond donors (Lipinski definition) is 12. The Labute approximate surface area is 266 Å². The Morgan fingerprint density at radius 3 is 2.06 bits per heavy atom. The Morgan fingerprint density at radius 2 is 1.60 bits per heavy atom. The molecular formula is C28H40N2O17. The van der Waals surface area contributed by atoms with Crippen molar-refractivity contribution in [2.45, 2.75) is 54.7 Å². The van der Waals surface area contributed by atoms with Crippen molar-refractivity contribution in [2.75, 3.05) is 20.7 Å². The van der Waals surface area contributed by atoms with E-state index in [0.717, 1.165) is 0 Å². The number of amides is 1. The maximum absolute atomic E-state index is 13.3. The monoisotopic (exact) mass is 676 g/mol. The van der Waals surface area contributed by atoms with Crippen LogP contribution in [0.4, 0.5) is 0 Å². The zero-order valence-corrected chi connectivity index (χ0v) is 25.2. The Morgan fingerprint density at radius 1 is 1.04 bits per heavy atom. The number of likely N-dealkylation sites (N-methyl/N-ethyl adjacent to an activating group) is 1. The van der Waals surface area contributed by atoms with E-state index in [2.05, 4.69) is 0 Å². The number of aromatic hydroxyl groups is 1. The molecule has 0 heterocycles. The maximum Gasteiger partial charge on any atom is 0.255 e. The van der Waals surface area contributed by atoms with E-state index in [0.29, 0.717) is 0 Å². The van der Waals surface area contributed by atoms with Crippen molar-refractivity contribution < 1.29 is 86.3 Å². The quantitative estimate of drug-likeness (QED) is 0.0943. The lowest BCUT2D eigenvalue weighted by Gasteiger charge is -2.55. The molecule has 19 heteroatoms. The summed E-state index contributed by atoms with van der Waals surface area (Å²) >= 11 is 0. The third-order valence-corrected chi connectivity index (χ3v) is 8.46. The minimum absolute atomic E-state index is 0. The number of aliphatic hydroxyl groups is 10. The van der Waals surface area contributed by atoms with Crippen molar-refractivity contribution in [1.29, 1.82) is 0 Å². The molecule has 1 aromatic carbocycles. The number of rotatable bonds is 7. The smallest absolute Gasteiger partial charge is 0.255 e. The molecule has 0 radical (unpaired) electrons. The van der Waals surface area contributed by atoms with Gasteiger partial charge in [-0.1, -0.05) is 12.1 Å². The molecule has 47 heavy (non-hydrogen) atoms. The highest BCUT2D eigenvalue weighted by Crippen LogP contribution is 2.56. The van der Waals surface area contributed by atoms with Gasteiger partial charge in [-0.3, -0.25) is 19.3 Å². The fourth-order valence-electron chi connectivity index (χ4n) is 6.22. The highest BCUT2D eigenvalue weighted by Gasteiger charge is 2.69. The zero-order chi connectivity index (χ0) is 34.5. The first-order chi connectivity index (χ1) is 20.7. The SMILES string of the molecule is CN(C)[C@@H]1C(O)=C(C(N)=O)C(=O)[C@@]2(O)C(O)=C3C(=O)c4c(O)cccc4[C@@](C)(O)[C@H]3[C@H](O)[C@@H]12.O.O.O=C[C@H](O)[C@@H](O)[C@H](O)[C@H](O)CO. The molecule has 1 aromatic rings. The summed E-state index contributed by atoms with van der Waals surface area (Å²) in [5, 5.41) is 110. The number of aldehydes is 1. The van der Waals surface area contributed by atoms with E-state index in [-0.39, 0.29) is 28.4 Å². The molecule has 0 fully saturated rings. The van der Waals surface area contributed by atoms with Crippen LogP contribution >= 0.6 is 0 Å². The average Bonchev–Trinajstić information content (AvgIpc) is 2.97. The summed E-state index contributed by atoms with van der Waals surface area (Å²) in [5.74, 6) is -9.66. The molecule has 0 bridgehead atoms. The van der Waals surface area contributed by atoms with E-state index >= 15 is 0 Å². The molecule has 0 saturated heterocycles. The second-order valence-corrected chi connectivity index (χ2v) is 11.4. The third kappa shape index (κ3) is 6.26. The van der Waals surface area contributed by atoms with Gasteiger partial charge in [-0.25, -0.2) is 0 Å². The number of benzene rings is 1. The van der Waals surface area contributed by atoms with Gasteiger partial charge in [0.1, 0.15) is 47.3 Å². The Kier molecular flexibility index (Phi) is 12.7. The third-order valence-electron chi connectivity index (χ3n) is 8.46. The summed E-state index contributed by atoms with van der Waals surface area (Å²) in [4.78, 5) is 49.7. The lowest BCUT2D eigenvalue weighted by atomic mass is 9.54. The predicted molar refractivity (Wildman–Crippen MR) is 155 cm³/mol. The van der Waals surface area contributed by atoms with Gasteiger partial charge in [0, 0.05) is 0 Å². The highest BCUT2D eigenvalue weighted by molar-refractivity contribution is 6.25. The number of nitrogens with zero attached hydrogens (tertiary/aromatic N) is 1. The molecule has 0 aromatic heterocycles. The fraction of sp³-hybridized carbons (Fsp3) is 0.500. The Hall–Kier alpha value is -3.86. The summed E-state index contributed by atoms with van der Waals surface area (Å²) in [6.45, 7) is 0.493. The van der Waals surface area contributed by atoms with E-state index in [1.54, 1.807) is 0 Å². The van der Waals surface area contributed by atoms with Crippen LogP contribution in [0.5, 0.6) is 5.75 Å². The summed E-state index contributed by atoms with van der Waals surface area (Å²) in [7, 11) is 2.85. The first-order valence-corrected chi connectivity index (χ1v) is 13.4. The average molecular weight is 677 g/mol. The topological polar surface area (TPSA) is 383 Å². The van der Waals surface area contributed by atoms with Crippen LogP contribution in [-0.4, -0.2) is 159 Å². The number of fused-ring (bicyclic) bond motifs is 3. The van der Waals surface area contributed by atoms with Crippen molar-refractivity contribution in [1.82, 2.24) is 4.90 Å². The van der Waals surface area contributed by atoms with E-state index in [4.69, 9.17) is 31.3 Å². The van der Waals surface area contributed by atoms with Crippen molar-refractivity contribution in [3.63, 3.8) is 0 Å². The number of hydrogen-bond acceptors (Lipinski definition) is 16.